The Morgan fingerprint density at radius 1 is 1.00 bits per heavy atom. The number of carbonyl (C=O) groups excluding carboxylic acids is 3. The second-order valence-electron chi connectivity index (χ2n) is 8.46. The number of nitrogens with zero attached hydrogens (tertiary/aromatic N) is 1. The maximum absolute atomic E-state index is 13.2. The fourth-order valence-corrected chi connectivity index (χ4v) is 4.41. The van der Waals surface area contributed by atoms with Crippen molar-refractivity contribution in [3.8, 4) is 0 Å². The van der Waals surface area contributed by atoms with Crippen molar-refractivity contribution in [2.45, 2.75) is 52.5 Å². The second-order valence-corrected chi connectivity index (χ2v) is 8.46. The van der Waals surface area contributed by atoms with E-state index in [1.807, 2.05) is 45.0 Å². The number of rotatable bonds is 4. The van der Waals surface area contributed by atoms with Gasteiger partial charge < -0.3 is 5.32 Å². The minimum atomic E-state index is -1.15. The first kappa shape index (κ1) is 19.4. The molecule has 2 aromatic carbocycles. The van der Waals surface area contributed by atoms with E-state index < -0.39 is 11.6 Å². The molecule has 0 spiro atoms. The normalized spacial score (nSPS) is 20.8. The minimum absolute atomic E-state index is 0.229. The molecule has 3 amide bonds. The molecule has 1 N–H and O–H groups in total. The summed E-state index contributed by atoms with van der Waals surface area (Å²) in [6.07, 6.45) is 3.17. The highest BCUT2D eigenvalue weighted by Crippen LogP contribution is 2.32. The highest BCUT2D eigenvalue weighted by Gasteiger charge is 2.49. The standard InChI is InChI=1S/C24H26N2O3/c1-14-10-16(3)20(11-15(14)2)21(27)13-26-22(28)24(4,25-23(26)29)19-9-8-17-6-5-7-18(17)12-19/h8-12H,5-7,13H2,1-4H3,(H,25,29)/t24-/m0/s1. The number of hydrogen-bond acceptors (Lipinski definition) is 3. The van der Waals surface area contributed by atoms with Crippen LogP contribution in [0, 0.1) is 20.8 Å². The van der Waals surface area contributed by atoms with Crippen LogP contribution in [-0.2, 0) is 23.2 Å². The number of aryl methyl sites for hydroxylation is 5. The molecule has 0 saturated carbocycles. The number of fused-ring (bicyclic) bond motifs is 1. The number of urea groups is 1. The van der Waals surface area contributed by atoms with Crippen molar-refractivity contribution in [2.75, 3.05) is 6.54 Å². The summed E-state index contributed by atoms with van der Waals surface area (Å²) in [5.41, 5.74) is 5.71. The molecule has 1 fully saturated rings. The highest BCUT2D eigenvalue weighted by atomic mass is 16.2. The first-order valence-corrected chi connectivity index (χ1v) is 10.1. The van der Waals surface area contributed by atoms with E-state index in [9.17, 15) is 14.4 Å². The van der Waals surface area contributed by atoms with Gasteiger partial charge in [-0.1, -0.05) is 24.3 Å². The van der Waals surface area contributed by atoms with Crippen molar-refractivity contribution in [1.82, 2.24) is 10.2 Å². The van der Waals surface area contributed by atoms with Gasteiger partial charge in [0.05, 0.1) is 6.54 Å². The molecule has 0 bridgehead atoms. The first-order valence-electron chi connectivity index (χ1n) is 10.1. The summed E-state index contributed by atoms with van der Waals surface area (Å²) in [5.74, 6) is -0.609. The number of hydrogen-bond donors (Lipinski definition) is 1. The fourth-order valence-electron chi connectivity index (χ4n) is 4.41. The molecular formula is C24H26N2O3. The molecule has 5 nitrogen and oxygen atoms in total. The summed E-state index contributed by atoms with van der Waals surface area (Å²) in [4.78, 5) is 39.8. The largest absolute Gasteiger partial charge is 0.325 e. The lowest BCUT2D eigenvalue weighted by Crippen LogP contribution is -2.41. The topological polar surface area (TPSA) is 66.5 Å². The monoisotopic (exact) mass is 390 g/mol. The van der Waals surface area contributed by atoms with Crippen LogP contribution in [0.2, 0.25) is 0 Å². The Balaban J connectivity index is 1.60. The molecular weight excluding hydrogens is 364 g/mol. The SMILES string of the molecule is Cc1cc(C)c(C(=O)CN2C(=O)N[C@@](C)(c3ccc4c(c3)CCC4)C2=O)cc1C. The second kappa shape index (κ2) is 6.83. The third-order valence-electron chi connectivity index (χ3n) is 6.39. The van der Waals surface area contributed by atoms with Gasteiger partial charge in [-0.15, -0.1) is 0 Å². The maximum Gasteiger partial charge on any atom is 0.325 e. The smallest absolute Gasteiger partial charge is 0.319 e. The number of nitrogens with one attached hydrogen (secondary N) is 1. The Kier molecular flexibility index (Phi) is 4.56. The lowest BCUT2D eigenvalue weighted by Gasteiger charge is -2.23. The molecule has 2 aliphatic rings. The van der Waals surface area contributed by atoms with Crippen LogP contribution in [0.15, 0.2) is 30.3 Å². The van der Waals surface area contributed by atoms with E-state index in [0.717, 1.165) is 46.4 Å². The summed E-state index contributed by atoms with van der Waals surface area (Å²) in [6, 6.07) is 9.27. The molecule has 1 atom stereocenters. The average molecular weight is 390 g/mol. The van der Waals surface area contributed by atoms with Gasteiger partial charge >= 0.3 is 6.03 Å². The highest BCUT2D eigenvalue weighted by molar-refractivity contribution is 6.11. The van der Waals surface area contributed by atoms with Gasteiger partial charge in [0.15, 0.2) is 5.78 Å². The third kappa shape index (κ3) is 3.15. The molecule has 2 aromatic rings. The number of benzene rings is 2. The van der Waals surface area contributed by atoms with Crippen molar-refractivity contribution in [3.05, 3.63) is 69.3 Å². The molecule has 1 aliphatic carbocycles. The summed E-state index contributed by atoms with van der Waals surface area (Å²) in [5, 5.41) is 2.81. The third-order valence-corrected chi connectivity index (χ3v) is 6.39. The van der Waals surface area contributed by atoms with Crippen molar-refractivity contribution >= 4 is 17.7 Å². The molecule has 1 aliphatic heterocycles. The van der Waals surface area contributed by atoms with Gasteiger partial charge in [0, 0.05) is 5.56 Å². The van der Waals surface area contributed by atoms with Gasteiger partial charge in [0.1, 0.15) is 5.54 Å². The van der Waals surface area contributed by atoms with Crippen LogP contribution >= 0.6 is 0 Å². The zero-order valence-electron chi connectivity index (χ0n) is 17.4. The van der Waals surface area contributed by atoms with E-state index in [0.29, 0.717) is 5.56 Å². The van der Waals surface area contributed by atoms with E-state index in [2.05, 4.69) is 11.4 Å². The van der Waals surface area contributed by atoms with Gasteiger partial charge in [-0.3, -0.25) is 14.5 Å². The Morgan fingerprint density at radius 2 is 1.69 bits per heavy atom. The first-order chi connectivity index (χ1) is 13.7. The van der Waals surface area contributed by atoms with Crippen molar-refractivity contribution in [1.29, 1.82) is 0 Å². The van der Waals surface area contributed by atoms with Crippen LogP contribution in [-0.4, -0.2) is 29.2 Å². The van der Waals surface area contributed by atoms with E-state index in [-0.39, 0.29) is 18.2 Å². The van der Waals surface area contributed by atoms with Crippen LogP contribution in [0.5, 0.6) is 0 Å². The van der Waals surface area contributed by atoms with E-state index >= 15 is 0 Å². The fraction of sp³-hybridized carbons (Fsp3) is 0.375. The minimum Gasteiger partial charge on any atom is -0.319 e. The Bertz CT molecular complexity index is 1060. The molecule has 1 heterocycles. The molecule has 4 rings (SSSR count). The van der Waals surface area contributed by atoms with Gasteiger partial charge in [0.2, 0.25) is 0 Å². The van der Waals surface area contributed by atoms with Crippen molar-refractivity contribution in [2.24, 2.45) is 0 Å². The Labute approximate surface area is 171 Å². The Morgan fingerprint density at radius 3 is 2.45 bits per heavy atom. The van der Waals surface area contributed by atoms with E-state index in [4.69, 9.17) is 0 Å². The van der Waals surface area contributed by atoms with Gasteiger partial charge in [-0.2, -0.15) is 0 Å². The van der Waals surface area contributed by atoms with Crippen molar-refractivity contribution < 1.29 is 14.4 Å². The number of Topliss-reactive ketones (excluding diaryl/α,β-unsaturated/α-hetero) is 1. The average Bonchev–Trinajstić information content (AvgIpc) is 3.23. The van der Waals surface area contributed by atoms with Crippen LogP contribution < -0.4 is 5.32 Å². The summed E-state index contributed by atoms with van der Waals surface area (Å²) in [6.45, 7) is 7.28. The van der Waals surface area contributed by atoms with Gasteiger partial charge in [-0.05, 0) is 86.4 Å². The quantitative estimate of drug-likeness (QED) is 0.639. The summed E-state index contributed by atoms with van der Waals surface area (Å²) < 4.78 is 0. The zero-order chi connectivity index (χ0) is 20.9. The molecule has 0 unspecified atom stereocenters. The molecule has 29 heavy (non-hydrogen) atoms. The lowest BCUT2D eigenvalue weighted by molar-refractivity contribution is -0.130. The molecule has 5 heteroatoms. The van der Waals surface area contributed by atoms with E-state index in [1.165, 1.54) is 11.1 Å². The maximum atomic E-state index is 13.2. The van der Waals surface area contributed by atoms with E-state index in [1.54, 1.807) is 6.92 Å². The molecule has 1 saturated heterocycles. The lowest BCUT2D eigenvalue weighted by atomic mass is 9.89. The summed E-state index contributed by atoms with van der Waals surface area (Å²) in [7, 11) is 0. The Hall–Kier alpha value is -2.95. The van der Waals surface area contributed by atoms with Crippen molar-refractivity contribution in [3.63, 3.8) is 0 Å². The summed E-state index contributed by atoms with van der Waals surface area (Å²) >= 11 is 0. The van der Waals surface area contributed by atoms with Gasteiger partial charge in [0.25, 0.3) is 5.91 Å². The molecule has 0 aromatic heterocycles. The van der Waals surface area contributed by atoms with Gasteiger partial charge in [-0.25, -0.2) is 4.79 Å². The number of ketones is 1. The zero-order valence-corrected chi connectivity index (χ0v) is 17.4. The molecule has 0 radical (unpaired) electrons. The predicted octanol–water partition coefficient (Wildman–Crippen LogP) is 3.75. The van der Waals surface area contributed by atoms with Crippen LogP contribution in [0.4, 0.5) is 4.79 Å². The number of carbonyl (C=O) groups is 3. The number of imide groups is 1. The molecule has 150 valence electrons. The predicted molar refractivity (Wildman–Crippen MR) is 111 cm³/mol. The van der Waals surface area contributed by atoms with Crippen LogP contribution in [0.25, 0.3) is 0 Å². The number of amides is 3. The van der Waals surface area contributed by atoms with Crippen LogP contribution in [0.3, 0.4) is 0 Å². The van der Waals surface area contributed by atoms with Crippen LogP contribution in [0.1, 0.15) is 57.1 Å².